The van der Waals surface area contributed by atoms with Crippen LogP contribution in [-0.4, -0.2) is 61.4 Å². The highest BCUT2D eigenvalue weighted by molar-refractivity contribution is 5.80. The summed E-state index contributed by atoms with van der Waals surface area (Å²) in [6.45, 7) is 3.93. The first kappa shape index (κ1) is 12.9. The molecule has 1 unspecified atom stereocenters. The van der Waals surface area contributed by atoms with Crippen molar-refractivity contribution in [3.63, 3.8) is 0 Å². The zero-order valence-electron chi connectivity index (χ0n) is 9.39. The maximum atomic E-state index is 11.5. The van der Waals surface area contributed by atoms with Crippen LogP contribution < -0.4 is 5.73 Å². The van der Waals surface area contributed by atoms with E-state index in [1.807, 2.05) is 0 Å². The lowest BCUT2D eigenvalue weighted by molar-refractivity contribution is -0.0805. The molecule has 0 spiro atoms. The third-order valence-electron chi connectivity index (χ3n) is 2.26. The minimum absolute atomic E-state index is 0.106. The molecule has 7 heteroatoms. The summed E-state index contributed by atoms with van der Waals surface area (Å²) in [7, 11) is 0. The second kappa shape index (κ2) is 6.41. The van der Waals surface area contributed by atoms with Gasteiger partial charge in [-0.3, -0.25) is 5.41 Å². The molecule has 1 atom stereocenters. The summed E-state index contributed by atoms with van der Waals surface area (Å²) in [6.07, 6.45) is 0.289. The summed E-state index contributed by atoms with van der Waals surface area (Å²) in [5.41, 5.74) is 5.50. The highest BCUT2D eigenvalue weighted by Gasteiger charge is 2.27. The fourth-order valence-electron chi connectivity index (χ4n) is 1.48. The van der Waals surface area contributed by atoms with Crippen LogP contribution in [0.4, 0.5) is 4.79 Å². The van der Waals surface area contributed by atoms with Crippen molar-refractivity contribution in [2.75, 3.05) is 32.8 Å². The van der Waals surface area contributed by atoms with Crippen LogP contribution in [0.2, 0.25) is 0 Å². The lowest BCUT2D eigenvalue weighted by Crippen LogP contribution is -2.55. The quantitative estimate of drug-likeness (QED) is 0.507. The number of nitrogens with one attached hydrogen (secondary N) is 1. The average molecular weight is 230 g/mol. The van der Waals surface area contributed by atoms with E-state index in [0.717, 1.165) is 11.3 Å². The lowest BCUT2D eigenvalue weighted by Gasteiger charge is -2.36. The van der Waals surface area contributed by atoms with Gasteiger partial charge >= 0.3 is 6.09 Å². The molecular formula is C9H18N4O3. The average Bonchev–Trinajstić information content (AvgIpc) is 2.31. The van der Waals surface area contributed by atoms with Gasteiger partial charge in [-0.15, -0.1) is 0 Å². The second-order valence-corrected chi connectivity index (χ2v) is 3.31. The number of nitrogens with zero attached hydrogens (tertiary/aromatic N) is 2. The summed E-state index contributed by atoms with van der Waals surface area (Å²) in [5, 5.41) is 10.1. The Labute approximate surface area is 94.6 Å². The maximum absolute atomic E-state index is 11.5. The van der Waals surface area contributed by atoms with Gasteiger partial charge in [0.05, 0.1) is 19.3 Å². The Balaban J connectivity index is 2.57. The van der Waals surface area contributed by atoms with Crippen LogP contribution in [0.15, 0.2) is 0 Å². The Morgan fingerprint density at radius 3 is 3.12 bits per heavy atom. The standard InChI is InChI=1S/C9H18N4O3/c1-2-15-9(14)13(7-11)12-3-4-16-8(5-10)6-12/h7-8,11H,2-6,10H2,1H3. The van der Waals surface area contributed by atoms with E-state index in [2.05, 4.69) is 0 Å². The molecule has 0 aromatic heterocycles. The van der Waals surface area contributed by atoms with Gasteiger partial charge in [0, 0.05) is 19.6 Å². The van der Waals surface area contributed by atoms with Gasteiger partial charge in [-0.1, -0.05) is 0 Å². The van der Waals surface area contributed by atoms with E-state index < -0.39 is 6.09 Å². The molecule has 0 bridgehead atoms. The normalized spacial score (nSPS) is 21.5. The summed E-state index contributed by atoms with van der Waals surface area (Å²) in [4.78, 5) is 11.5. The number of hydrogen-bond donors (Lipinski definition) is 2. The topological polar surface area (TPSA) is 91.9 Å². The van der Waals surface area contributed by atoms with Crippen molar-refractivity contribution in [1.29, 1.82) is 5.41 Å². The van der Waals surface area contributed by atoms with Crippen LogP contribution in [0.3, 0.4) is 0 Å². The largest absolute Gasteiger partial charge is 0.448 e. The fourth-order valence-corrected chi connectivity index (χ4v) is 1.48. The van der Waals surface area contributed by atoms with Gasteiger partial charge < -0.3 is 15.2 Å². The lowest BCUT2D eigenvalue weighted by atomic mass is 10.3. The second-order valence-electron chi connectivity index (χ2n) is 3.31. The molecule has 7 nitrogen and oxygen atoms in total. The van der Waals surface area contributed by atoms with Gasteiger partial charge in [0.15, 0.2) is 0 Å². The molecule has 0 aromatic rings. The molecule has 1 aliphatic heterocycles. The smallest absolute Gasteiger partial charge is 0.430 e. The van der Waals surface area contributed by atoms with Gasteiger partial charge in [0.25, 0.3) is 0 Å². The van der Waals surface area contributed by atoms with Crippen molar-refractivity contribution in [3.8, 4) is 0 Å². The molecule has 0 aromatic carbocycles. The molecule has 1 heterocycles. The van der Waals surface area contributed by atoms with Crippen LogP contribution >= 0.6 is 0 Å². The molecule has 3 N–H and O–H groups in total. The van der Waals surface area contributed by atoms with E-state index in [-0.39, 0.29) is 12.7 Å². The zero-order chi connectivity index (χ0) is 12.0. The van der Waals surface area contributed by atoms with E-state index >= 15 is 0 Å². The minimum atomic E-state index is -0.546. The highest BCUT2D eigenvalue weighted by atomic mass is 16.6. The number of rotatable bonds is 4. The molecule has 92 valence electrons. The van der Waals surface area contributed by atoms with Crippen LogP contribution in [0.1, 0.15) is 6.92 Å². The van der Waals surface area contributed by atoms with E-state index in [1.54, 1.807) is 11.9 Å². The summed E-state index contributed by atoms with van der Waals surface area (Å²) in [5.74, 6) is 0. The van der Waals surface area contributed by atoms with Crippen molar-refractivity contribution in [2.45, 2.75) is 13.0 Å². The Hall–Kier alpha value is -1.18. The van der Waals surface area contributed by atoms with Gasteiger partial charge in [0.1, 0.15) is 6.34 Å². The number of morpholine rings is 1. The molecule has 16 heavy (non-hydrogen) atoms. The monoisotopic (exact) mass is 230 g/mol. The third-order valence-corrected chi connectivity index (χ3v) is 2.26. The Kier molecular flexibility index (Phi) is 5.17. The Morgan fingerprint density at radius 1 is 1.81 bits per heavy atom. The van der Waals surface area contributed by atoms with Crippen LogP contribution in [0.5, 0.6) is 0 Å². The van der Waals surface area contributed by atoms with Crippen molar-refractivity contribution in [3.05, 3.63) is 0 Å². The SMILES string of the molecule is CCOC(=O)N(C=N)N1CCOC(CN)C1. The molecule has 1 rings (SSSR count). The fraction of sp³-hybridized carbons (Fsp3) is 0.778. The molecule has 1 fully saturated rings. The first-order valence-electron chi connectivity index (χ1n) is 5.26. The summed E-state index contributed by atoms with van der Waals surface area (Å²) < 4.78 is 10.2. The van der Waals surface area contributed by atoms with E-state index in [9.17, 15) is 4.79 Å². The number of ether oxygens (including phenoxy) is 2. The van der Waals surface area contributed by atoms with Gasteiger partial charge in [0.2, 0.25) is 0 Å². The number of carbonyl (C=O) groups excluding carboxylic acids is 1. The molecule has 0 aliphatic carbocycles. The van der Waals surface area contributed by atoms with Crippen LogP contribution in [0.25, 0.3) is 0 Å². The molecular weight excluding hydrogens is 212 g/mol. The van der Waals surface area contributed by atoms with E-state index in [4.69, 9.17) is 20.6 Å². The summed E-state index contributed by atoms with van der Waals surface area (Å²) in [6, 6.07) is 0. The summed E-state index contributed by atoms with van der Waals surface area (Å²) >= 11 is 0. The number of amides is 1. The number of hydrazine groups is 1. The predicted octanol–water partition coefficient (Wildman–Crippen LogP) is -0.374. The zero-order valence-corrected chi connectivity index (χ0v) is 9.39. The van der Waals surface area contributed by atoms with Gasteiger partial charge in [-0.25, -0.2) is 9.80 Å². The molecule has 0 saturated carbocycles. The van der Waals surface area contributed by atoms with Crippen LogP contribution in [0, 0.1) is 5.41 Å². The third kappa shape index (κ3) is 3.16. The Morgan fingerprint density at radius 2 is 2.56 bits per heavy atom. The highest BCUT2D eigenvalue weighted by Crippen LogP contribution is 2.07. The van der Waals surface area contributed by atoms with Crippen molar-refractivity contribution >= 4 is 12.4 Å². The van der Waals surface area contributed by atoms with Crippen molar-refractivity contribution in [1.82, 2.24) is 10.0 Å². The van der Waals surface area contributed by atoms with E-state index in [0.29, 0.717) is 26.2 Å². The molecule has 0 radical (unpaired) electrons. The van der Waals surface area contributed by atoms with Crippen molar-refractivity contribution < 1.29 is 14.3 Å². The number of hydrogen-bond acceptors (Lipinski definition) is 6. The number of nitrogens with two attached hydrogens (primary N) is 1. The molecule has 1 saturated heterocycles. The maximum Gasteiger partial charge on any atom is 0.430 e. The first-order valence-corrected chi connectivity index (χ1v) is 5.26. The molecule has 1 aliphatic rings. The Bertz CT molecular complexity index is 249. The van der Waals surface area contributed by atoms with Gasteiger partial charge in [-0.05, 0) is 6.92 Å². The van der Waals surface area contributed by atoms with Crippen LogP contribution in [-0.2, 0) is 9.47 Å². The van der Waals surface area contributed by atoms with Crippen molar-refractivity contribution in [2.24, 2.45) is 5.73 Å². The molecule has 1 amide bonds. The van der Waals surface area contributed by atoms with Gasteiger partial charge in [-0.2, -0.15) is 5.01 Å². The number of carbonyl (C=O) groups is 1. The van der Waals surface area contributed by atoms with E-state index in [1.165, 1.54) is 0 Å². The minimum Gasteiger partial charge on any atom is -0.448 e. The first-order chi connectivity index (χ1) is 7.72. The predicted molar refractivity (Wildman–Crippen MR) is 58.0 cm³/mol.